The van der Waals surface area contributed by atoms with Crippen LogP contribution in [0.1, 0.15) is 11.3 Å². The van der Waals surface area contributed by atoms with Crippen molar-refractivity contribution in [3.8, 4) is 11.4 Å². The summed E-state index contributed by atoms with van der Waals surface area (Å²) in [6.07, 6.45) is -0.641. The van der Waals surface area contributed by atoms with E-state index in [0.29, 0.717) is 11.3 Å². The van der Waals surface area contributed by atoms with Crippen LogP contribution in [0.2, 0.25) is 0 Å². The third kappa shape index (κ3) is 5.23. The first-order valence-corrected chi connectivity index (χ1v) is 10.5. The second-order valence-corrected chi connectivity index (χ2v) is 8.46. The van der Waals surface area contributed by atoms with Gasteiger partial charge in [-0.3, -0.25) is 9.29 Å². The number of aromatic nitrogens is 3. The summed E-state index contributed by atoms with van der Waals surface area (Å²) >= 11 is 0. The molecule has 0 aliphatic rings. The lowest BCUT2D eigenvalue weighted by Gasteiger charge is -2.17. The highest BCUT2D eigenvalue weighted by Crippen LogP contribution is 2.30. The summed E-state index contributed by atoms with van der Waals surface area (Å²) in [5.41, 5.74) is 0.560. The molecule has 0 aliphatic heterocycles. The topological polar surface area (TPSA) is 88.1 Å². The van der Waals surface area contributed by atoms with E-state index in [-0.39, 0.29) is 18.2 Å². The van der Waals surface area contributed by atoms with Gasteiger partial charge in [0.05, 0.1) is 11.9 Å². The monoisotopic (exact) mass is 437 g/mol. The van der Waals surface area contributed by atoms with Crippen LogP contribution in [0.5, 0.6) is 0 Å². The average Bonchev–Trinajstić information content (AvgIpc) is 2.71. The molecule has 0 aliphatic carbocycles. The lowest BCUT2D eigenvalue weighted by atomic mass is 10.2. The molecule has 0 atom stereocenters. The lowest BCUT2D eigenvalue weighted by molar-refractivity contribution is -0.141. The highest BCUT2D eigenvalue weighted by molar-refractivity contribution is 7.92. The molecule has 0 saturated heterocycles. The lowest BCUT2D eigenvalue weighted by Crippen LogP contribution is -2.24. The van der Waals surface area contributed by atoms with Gasteiger partial charge in [0.15, 0.2) is 11.5 Å². The van der Waals surface area contributed by atoms with Crippen LogP contribution in [-0.2, 0) is 22.7 Å². The van der Waals surface area contributed by atoms with Crippen LogP contribution in [0.4, 0.5) is 24.7 Å². The molecule has 1 N–H and O–H groups in total. The summed E-state index contributed by atoms with van der Waals surface area (Å²) in [6.45, 7) is 0.187. The van der Waals surface area contributed by atoms with Crippen LogP contribution in [0.3, 0.4) is 0 Å². The molecule has 3 aromatic rings. The highest BCUT2D eigenvalue weighted by atomic mass is 32.2. The van der Waals surface area contributed by atoms with E-state index < -0.39 is 21.9 Å². The maximum atomic E-state index is 13.3. The van der Waals surface area contributed by atoms with E-state index in [0.717, 1.165) is 22.2 Å². The predicted octanol–water partition coefficient (Wildman–Crippen LogP) is 3.57. The molecule has 158 valence electrons. The number of hydrogen-bond acceptors (Lipinski definition) is 6. The van der Waals surface area contributed by atoms with E-state index in [1.54, 1.807) is 24.3 Å². The molecule has 30 heavy (non-hydrogen) atoms. The number of halogens is 3. The van der Waals surface area contributed by atoms with Crippen LogP contribution in [-0.4, -0.2) is 36.7 Å². The van der Waals surface area contributed by atoms with Crippen molar-refractivity contribution < 1.29 is 21.6 Å². The van der Waals surface area contributed by atoms with Gasteiger partial charge in [-0.05, 0) is 29.8 Å². The second kappa shape index (κ2) is 8.27. The Hall–Kier alpha value is -3.21. The number of anilines is 2. The van der Waals surface area contributed by atoms with Gasteiger partial charge in [0, 0.05) is 37.6 Å². The van der Waals surface area contributed by atoms with Gasteiger partial charge >= 0.3 is 6.18 Å². The Morgan fingerprint density at radius 1 is 1.03 bits per heavy atom. The Balaban J connectivity index is 1.83. The number of pyridine rings is 1. The minimum Gasteiger partial charge on any atom is -0.366 e. The second-order valence-electron chi connectivity index (χ2n) is 6.45. The van der Waals surface area contributed by atoms with E-state index in [1.807, 2.05) is 0 Å². The van der Waals surface area contributed by atoms with E-state index in [4.69, 9.17) is 0 Å². The van der Waals surface area contributed by atoms with Crippen LogP contribution >= 0.6 is 0 Å². The molecule has 2 aromatic heterocycles. The SMILES string of the molecule is CN(c1ccc(CNc2cc(C(F)(F)F)nc(-c3ccncc3)n2)cc1)S(C)(=O)=O. The maximum Gasteiger partial charge on any atom is 0.433 e. The number of alkyl halides is 3. The number of rotatable bonds is 6. The summed E-state index contributed by atoms with van der Waals surface area (Å²) in [7, 11) is -1.95. The van der Waals surface area contributed by atoms with Crippen molar-refractivity contribution in [1.29, 1.82) is 0 Å². The van der Waals surface area contributed by atoms with Crippen molar-refractivity contribution in [3.05, 3.63) is 66.1 Å². The normalized spacial score (nSPS) is 11.9. The zero-order valence-electron chi connectivity index (χ0n) is 16.1. The Bertz CT molecular complexity index is 1120. The number of hydrogen-bond donors (Lipinski definition) is 1. The average molecular weight is 437 g/mol. The summed E-state index contributed by atoms with van der Waals surface area (Å²) in [6, 6.07) is 10.5. The first-order chi connectivity index (χ1) is 14.0. The molecule has 0 saturated carbocycles. The molecule has 3 rings (SSSR count). The van der Waals surface area contributed by atoms with Gasteiger partial charge in [-0.25, -0.2) is 18.4 Å². The third-order valence-corrected chi connectivity index (χ3v) is 5.43. The molecule has 11 heteroatoms. The van der Waals surface area contributed by atoms with Crippen molar-refractivity contribution in [1.82, 2.24) is 15.0 Å². The van der Waals surface area contributed by atoms with Gasteiger partial charge in [-0.1, -0.05) is 12.1 Å². The molecular weight excluding hydrogens is 419 g/mol. The smallest absolute Gasteiger partial charge is 0.366 e. The Morgan fingerprint density at radius 2 is 1.67 bits per heavy atom. The first-order valence-electron chi connectivity index (χ1n) is 8.67. The summed E-state index contributed by atoms with van der Waals surface area (Å²) < 4.78 is 64.1. The fourth-order valence-electron chi connectivity index (χ4n) is 2.52. The zero-order chi connectivity index (χ0) is 21.9. The Labute approximate surface area is 171 Å². The van der Waals surface area contributed by atoms with E-state index >= 15 is 0 Å². The minimum atomic E-state index is -4.63. The van der Waals surface area contributed by atoms with Crippen molar-refractivity contribution in [2.45, 2.75) is 12.7 Å². The van der Waals surface area contributed by atoms with E-state index in [2.05, 4.69) is 20.3 Å². The van der Waals surface area contributed by atoms with Crippen molar-refractivity contribution in [2.24, 2.45) is 0 Å². The number of nitrogens with zero attached hydrogens (tertiary/aromatic N) is 4. The van der Waals surface area contributed by atoms with Crippen molar-refractivity contribution >= 4 is 21.5 Å². The van der Waals surface area contributed by atoms with Crippen molar-refractivity contribution in [3.63, 3.8) is 0 Å². The van der Waals surface area contributed by atoms with Gasteiger partial charge in [0.2, 0.25) is 10.0 Å². The van der Waals surface area contributed by atoms with Crippen LogP contribution < -0.4 is 9.62 Å². The van der Waals surface area contributed by atoms with Crippen LogP contribution in [0.25, 0.3) is 11.4 Å². The zero-order valence-corrected chi connectivity index (χ0v) is 16.9. The molecule has 0 unspecified atom stereocenters. The fraction of sp³-hybridized carbons (Fsp3) is 0.211. The van der Waals surface area contributed by atoms with Gasteiger partial charge in [0.1, 0.15) is 5.82 Å². The van der Waals surface area contributed by atoms with Gasteiger partial charge in [0.25, 0.3) is 0 Å². The quantitative estimate of drug-likeness (QED) is 0.634. The number of sulfonamides is 1. The summed E-state index contributed by atoms with van der Waals surface area (Å²) in [4.78, 5) is 11.6. The molecule has 2 heterocycles. The summed E-state index contributed by atoms with van der Waals surface area (Å²) in [5, 5.41) is 2.86. The molecule has 0 radical (unpaired) electrons. The Kier molecular flexibility index (Phi) is 5.92. The molecule has 7 nitrogen and oxygen atoms in total. The fourth-order valence-corrected chi connectivity index (χ4v) is 3.03. The number of nitrogens with one attached hydrogen (secondary N) is 1. The molecule has 0 spiro atoms. The molecule has 0 fully saturated rings. The van der Waals surface area contributed by atoms with Gasteiger partial charge in [-0.15, -0.1) is 0 Å². The minimum absolute atomic E-state index is 0.0152. The van der Waals surface area contributed by atoms with E-state index in [9.17, 15) is 21.6 Å². The van der Waals surface area contributed by atoms with Crippen LogP contribution in [0.15, 0.2) is 54.9 Å². The standard InChI is InChI=1S/C19H18F3N5O2S/c1-27(30(2,28)29)15-5-3-13(4-6-15)12-24-17-11-16(19(20,21)22)25-18(26-17)14-7-9-23-10-8-14/h3-11H,12H2,1-2H3,(H,24,25,26). The first kappa shape index (κ1) is 21.5. The predicted molar refractivity (Wildman–Crippen MR) is 107 cm³/mol. The van der Waals surface area contributed by atoms with Crippen molar-refractivity contribution in [2.75, 3.05) is 22.9 Å². The maximum absolute atomic E-state index is 13.3. The Morgan fingerprint density at radius 3 is 2.23 bits per heavy atom. The molecule has 1 aromatic carbocycles. The van der Waals surface area contributed by atoms with E-state index in [1.165, 1.54) is 31.6 Å². The summed E-state index contributed by atoms with van der Waals surface area (Å²) in [5.74, 6) is -0.0543. The molecule has 0 bridgehead atoms. The van der Waals surface area contributed by atoms with Crippen LogP contribution in [0, 0.1) is 0 Å². The highest BCUT2D eigenvalue weighted by Gasteiger charge is 2.33. The van der Waals surface area contributed by atoms with Gasteiger partial charge in [-0.2, -0.15) is 13.2 Å². The third-order valence-electron chi connectivity index (χ3n) is 4.23. The molecule has 0 amide bonds. The molecular formula is C19H18F3N5O2S. The number of benzene rings is 1. The van der Waals surface area contributed by atoms with Gasteiger partial charge < -0.3 is 5.32 Å². The largest absolute Gasteiger partial charge is 0.433 e.